The molecule has 2 aliphatic rings. The molecule has 0 amide bonds. The van der Waals surface area contributed by atoms with Gasteiger partial charge in [0.15, 0.2) is 0 Å². The zero-order chi connectivity index (χ0) is 17.6. The number of likely N-dealkylation sites (N-methyl/N-ethyl adjacent to an activating group) is 1. The number of nitrogens with zero attached hydrogens (tertiary/aromatic N) is 4. The van der Waals surface area contributed by atoms with Gasteiger partial charge in [-0.25, -0.2) is 0 Å². The van der Waals surface area contributed by atoms with Gasteiger partial charge in [0.25, 0.3) is 0 Å². The lowest BCUT2D eigenvalue weighted by Gasteiger charge is -2.34. The third-order valence-electron chi connectivity index (χ3n) is 6.23. The number of hydrogen-bond donors (Lipinski definition) is 1. The van der Waals surface area contributed by atoms with Crippen LogP contribution >= 0.6 is 0 Å². The smallest absolute Gasteiger partial charge is 0.0934 e. The van der Waals surface area contributed by atoms with Gasteiger partial charge < -0.3 is 9.88 Å². The van der Waals surface area contributed by atoms with Crippen LogP contribution in [0, 0.1) is 6.92 Å². The molecule has 2 aliphatic heterocycles. The van der Waals surface area contributed by atoms with Crippen molar-refractivity contribution in [1.82, 2.24) is 24.7 Å². The van der Waals surface area contributed by atoms with E-state index in [1.807, 2.05) is 0 Å². The van der Waals surface area contributed by atoms with E-state index in [9.17, 15) is 0 Å². The molecule has 5 heteroatoms. The lowest BCUT2D eigenvalue weighted by Crippen LogP contribution is -2.50. The highest BCUT2D eigenvalue weighted by atomic mass is 15.2. The molecule has 5 nitrogen and oxygen atoms in total. The molecule has 2 atom stereocenters. The van der Waals surface area contributed by atoms with E-state index in [1.165, 1.54) is 22.3 Å². The fraction of sp³-hybridized carbons (Fsp3) is 0.650. The van der Waals surface area contributed by atoms with Gasteiger partial charge in [-0.3, -0.25) is 14.8 Å². The summed E-state index contributed by atoms with van der Waals surface area (Å²) in [5, 5.41) is 3.49. The Morgan fingerprint density at radius 1 is 1.20 bits per heavy atom. The molecule has 1 saturated heterocycles. The Morgan fingerprint density at radius 2 is 2.04 bits per heavy atom. The van der Waals surface area contributed by atoms with Crippen LogP contribution < -0.4 is 5.32 Å². The van der Waals surface area contributed by atoms with Crippen LogP contribution in [0.4, 0.5) is 0 Å². The van der Waals surface area contributed by atoms with E-state index >= 15 is 0 Å². The normalized spacial score (nSPS) is 25.4. The standard InChI is InChI=1S/C20H31N5/c1-14-5-6-18-20(22-14)19-16(3)23(4)9-7-17(19)25(18)12-11-24-10-8-21-13-15(24)2/h5-6,15-16,21H,7-13H2,1-4H3/t15?,16-/m0/s1. The molecule has 1 N–H and O–H groups in total. The van der Waals surface area contributed by atoms with Crippen LogP contribution in [0.2, 0.25) is 0 Å². The van der Waals surface area contributed by atoms with E-state index in [4.69, 9.17) is 4.98 Å². The third kappa shape index (κ3) is 2.98. The molecule has 2 aromatic heterocycles. The number of fused-ring (bicyclic) bond motifs is 3. The van der Waals surface area contributed by atoms with Crippen LogP contribution in [0.25, 0.3) is 11.0 Å². The topological polar surface area (TPSA) is 36.3 Å². The predicted molar refractivity (Wildman–Crippen MR) is 103 cm³/mol. The predicted octanol–water partition coefficient (Wildman–Crippen LogP) is 2.19. The second-order valence-electron chi connectivity index (χ2n) is 7.83. The second kappa shape index (κ2) is 6.71. The molecule has 0 bridgehead atoms. The molecule has 0 aliphatic carbocycles. The highest BCUT2D eigenvalue weighted by Gasteiger charge is 2.29. The zero-order valence-electron chi connectivity index (χ0n) is 16.0. The summed E-state index contributed by atoms with van der Waals surface area (Å²) in [4.78, 5) is 10.0. The molecule has 136 valence electrons. The number of aryl methyl sites for hydroxylation is 1. The molecule has 0 aromatic carbocycles. The Morgan fingerprint density at radius 3 is 2.84 bits per heavy atom. The number of pyridine rings is 1. The molecule has 0 spiro atoms. The molecule has 4 heterocycles. The van der Waals surface area contributed by atoms with Crippen molar-refractivity contribution in [2.75, 3.05) is 39.8 Å². The SMILES string of the molecule is Cc1ccc2c(n1)c1c(n2CCN2CCNCC2C)CCN(C)[C@H]1C. The maximum atomic E-state index is 4.93. The average molecular weight is 342 g/mol. The van der Waals surface area contributed by atoms with Gasteiger partial charge in [-0.15, -0.1) is 0 Å². The second-order valence-corrected chi connectivity index (χ2v) is 7.83. The summed E-state index contributed by atoms with van der Waals surface area (Å²) >= 11 is 0. The minimum absolute atomic E-state index is 0.444. The summed E-state index contributed by atoms with van der Waals surface area (Å²) in [5.74, 6) is 0. The van der Waals surface area contributed by atoms with Gasteiger partial charge in [0.2, 0.25) is 0 Å². The van der Waals surface area contributed by atoms with Crippen molar-refractivity contribution in [2.45, 2.75) is 45.8 Å². The van der Waals surface area contributed by atoms with Crippen LogP contribution in [0.5, 0.6) is 0 Å². The Kier molecular flexibility index (Phi) is 4.56. The molecule has 1 fully saturated rings. The third-order valence-corrected chi connectivity index (χ3v) is 6.23. The lowest BCUT2D eigenvalue weighted by molar-refractivity contribution is 0.167. The van der Waals surface area contributed by atoms with E-state index in [-0.39, 0.29) is 0 Å². The van der Waals surface area contributed by atoms with E-state index < -0.39 is 0 Å². The van der Waals surface area contributed by atoms with Gasteiger partial charge in [-0.05, 0) is 40.0 Å². The molecule has 2 aromatic rings. The summed E-state index contributed by atoms with van der Waals surface area (Å²) in [5.41, 5.74) is 6.63. The lowest BCUT2D eigenvalue weighted by atomic mass is 9.99. The van der Waals surface area contributed by atoms with Crippen molar-refractivity contribution in [3.05, 3.63) is 29.1 Å². The molecule has 25 heavy (non-hydrogen) atoms. The number of rotatable bonds is 3. The van der Waals surface area contributed by atoms with Gasteiger partial charge in [0, 0.05) is 74.7 Å². The van der Waals surface area contributed by atoms with Crippen molar-refractivity contribution >= 4 is 11.0 Å². The highest BCUT2D eigenvalue weighted by molar-refractivity contribution is 5.82. The fourth-order valence-electron chi connectivity index (χ4n) is 4.50. The highest BCUT2D eigenvalue weighted by Crippen LogP contribution is 2.36. The van der Waals surface area contributed by atoms with Crippen LogP contribution in [0.15, 0.2) is 12.1 Å². The maximum absolute atomic E-state index is 4.93. The van der Waals surface area contributed by atoms with Crippen LogP contribution in [0.1, 0.15) is 36.8 Å². The summed E-state index contributed by atoms with van der Waals surface area (Å²) in [6.07, 6.45) is 1.13. The largest absolute Gasteiger partial charge is 0.342 e. The number of nitrogens with one attached hydrogen (secondary N) is 1. The first-order chi connectivity index (χ1) is 12.1. The van der Waals surface area contributed by atoms with Gasteiger partial charge in [-0.1, -0.05) is 0 Å². The molecular weight excluding hydrogens is 310 g/mol. The Balaban J connectivity index is 1.71. The van der Waals surface area contributed by atoms with Crippen molar-refractivity contribution < 1.29 is 0 Å². The van der Waals surface area contributed by atoms with Crippen LogP contribution in [0.3, 0.4) is 0 Å². The minimum Gasteiger partial charge on any atom is -0.342 e. The van der Waals surface area contributed by atoms with Gasteiger partial charge in [0.1, 0.15) is 0 Å². The zero-order valence-corrected chi connectivity index (χ0v) is 16.0. The molecule has 4 rings (SSSR count). The maximum Gasteiger partial charge on any atom is 0.0934 e. The summed E-state index contributed by atoms with van der Waals surface area (Å²) in [6.45, 7) is 13.4. The summed E-state index contributed by atoms with van der Waals surface area (Å²) in [6, 6.07) is 5.51. The molecule has 0 radical (unpaired) electrons. The van der Waals surface area contributed by atoms with Crippen molar-refractivity contribution in [1.29, 1.82) is 0 Å². The Labute approximate surface area is 151 Å². The van der Waals surface area contributed by atoms with E-state index in [0.717, 1.165) is 51.4 Å². The number of hydrogen-bond acceptors (Lipinski definition) is 4. The first-order valence-corrected chi connectivity index (χ1v) is 9.70. The van der Waals surface area contributed by atoms with Gasteiger partial charge >= 0.3 is 0 Å². The van der Waals surface area contributed by atoms with Crippen molar-refractivity contribution in [3.8, 4) is 0 Å². The van der Waals surface area contributed by atoms with E-state index in [1.54, 1.807) is 0 Å². The van der Waals surface area contributed by atoms with Gasteiger partial charge in [-0.2, -0.15) is 0 Å². The monoisotopic (exact) mass is 341 g/mol. The first kappa shape index (κ1) is 17.0. The van der Waals surface area contributed by atoms with Crippen LogP contribution in [-0.2, 0) is 13.0 Å². The molecule has 0 saturated carbocycles. The molecule has 1 unspecified atom stereocenters. The minimum atomic E-state index is 0.444. The Hall–Kier alpha value is -1.43. The number of aromatic nitrogens is 2. The van der Waals surface area contributed by atoms with Crippen molar-refractivity contribution in [3.63, 3.8) is 0 Å². The summed E-state index contributed by atoms with van der Waals surface area (Å²) in [7, 11) is 2.23. The number of piperazine rings is 1. The summed E-state index contributed by atoms with van der Waals surface area (Å²) < 4.78 is 2.56. The first-order valence-electron chi connectivity index (χ1n) is 9.70. The Bertz CT molecular complexity index is 765. The van der Waals surface area contributed by atoms with E-state index in [2.05, 4.69) is 59.6 Å². The quantitative estimate of drug-likeness (QED) is 0.928. The average Bonchev–Trinajstić information content (AvgIpc) is 2.91. The van der Waals surface area contributed by atoms with Crippen molar-refractivity contribution in [2.24, 2.45) is 0 Å². The molecular formula is C20H31N5. The van der Waals surface area contributed by atoms with Gasteiger partial charge in [0.05, 0.1) is 11.0 Å². The van der Waals surface area contributed by atoms with Crippen LogP contribution in [-0.4, -0.2) is 65.2 Å². The van der Waals surface area contributed by atoms with E-state index in [0.29, 0.717) is 12.1 Å². The fourth-order valence-corrected chi connectivity index (χ4v) is 4.50.